The van der Waals surface area contributed by atoms with Gasteiger partial charge >= 0.3 is 0 Å². The van der Waals surface area contributed by atoms with Crippen molar-refractivity contribution in [2.45, 2.75) is 43.8 Å². The van der Waals surface area contributed by atoms with E-state index in [9.17, 15) is 0 Å². The second-order valence-electron chi connectivity index (χ2n) is 4.43. The van der Waals surface area contributed by atoms with E-state index in [1.807, 2.05) is 18.7 Å². The summed E-state index contributed by atoms with van der Waals surface area (Å²) >= 11 is 3.66. The van der Waals surface area contributed by atoms with E-state index in [1.165, 1.54) is 32.1 Å². The van der Waals surface area contributed by atoms with Crippen molar-refractivity contribution in [1.82, 2.24) is 10.2 Å². The van der Waals surface area contributed by atoms with Gasteiger partial charge in [-0.15, -0.1) is 10.2 Å². The first kappa shape index (κ1) is 12.2. The van der Waals surface area contributed by atoms with E-state index < -0.39 is 0 Å². The van der Waals surface area contributed by atoms with Crippen LogP contribution in [0.15, 0.2) is 0 Å². The molecule has 1 N–H and O–H groups in total. The molecule has 1 aliphatic rings. The van der Waals surface area contributed by atoms with Crippen molar-refractivity contribution in [1.29, 1.82) is 0 Å². The van der Waals surface area contributed by atoms with E-state index in [2.05, 4.69) is 21.8 Å². The minimum atomic E-state index is 0.428. The molecule has 0 bridgehead atoms. The van der Waals surface area contributed by atoms with Crippen LogP contribution in [0.4, 0.5) is 5.13 Å². The molecule has 1 aliphatic carbocycles. The van der Waals surface area contributed by atoms with Crippen molar-refractivity contribution in [2.24, 2.45) is 0 Å². The van der Waals surface area contributed by atoms with Gasteiger partial charge in [-0.05, 0) is 26.0 Å². The Morgan fingerprint density at radius 1 is 1.31 bits per heavy atom. The summed E-state index contributed by atoms with van der Waals surface area (Å²) in [6.07, 6.45) is 9.05. The van der Waals surface area contributed by atoms with Crippen LogP contribution in [0.2, 0.25) is 0 Å². The highest BCUT2D eigenvalue weighted by molar-refractivity contribution is 8.00. The average Bonchev–Trinajstić information content (AvgIpc) is 2.74. The Morgan fingerprint density at radius 2 is 2.06 bits per heavy atom. The number of hydrogen-bond donors (Lipinski definition) is 1. The van der Waals surface area contributed by atoms with Crippen molar-refractivity contribution >= 4 is 28.2 Å². The maximum absolute atomic E-state index is 4.11. The Morgan fingerprint density at radius 3 is 2.62 bits per heavy atom. The molecule has 5 heteroatoms. The summed E-state index contributed by atoms with van der Waals surface area (Å²) in [7, 11) is 0. The molecule has 1 aromatic rings. The van der Waals surface area contributed by atoms with Gasteiger partial charge in [0.2, 0.25) is 5.13 Å². The Kier molecular flexibility index (Phi) is 4.08. The van der Waals surface area contributed by atoms with Gasteiger partial charge in [0.1, 0.15) is 5.01 Å². The van der Waals surface area contributed by atoms with Crippen molar-refractivity contribution < 1.29 is 0 Å². The molecule has 0 amide bonds. The zero-order valence-electron chi connectivity index (χ0n) is 9.95. The fourth-order valence-corrected chi connectivity index (χ4v) is 3.75. The molecule has 2 rings (SSSR count). The van der Waals surface area contributed by atoms with Gasteiger partial charge in [-0.1, -0.05) is 30.6 Å². The molecule has 0 atom stereocenters. The molecule has 16 heavy (non-hydrogen) atoms. The lowest BCUT2D eigenvalue weighted by Gasteiger charge is -2.35. The fourth-order valence-electron chi connectivity index (χ4n) is 2.25. The Balaban J connectivity index is 1.91. The van der Waals surface area contributed by atoms with Crippen LogP contribution in [-0.4, -0.2) is 27.7 Å². The second kappa shape index (κ2) is 5.36. The average molecular weight is 257 g/mol. The second-order valence-corrected chi connectivity index (χ2v) is 6.88. The minimum absolute atomic E-state index is 0.428. The van der Waals surface area contributed by atoms with Crippen LogP contribution in [-0.2, 0) is 0 Å². The first-order valence-electron chi connectivity index (χ1n) is 5.83. The maximum Gasteiger partial charge on any atom is 0.205 e. The van der Waals surface area contributed by atoms with Gasteiger partial charge in [0.25, 0.3) is 0 Å². The molecule has 1 heterocycles. The lowest BCUT2D eigenvalue weighted by atomic mass is 9.88. The Hall–Kier alpha value is -0.290. The highest BCUT2D eigenvalue weighted by Crippen LogP contribution is 2.38. The van der Waals surface area contributed by atoms with Crippen molar-refractivity contribution in [2.75, 3.05) is 18.1 Å². The van der Waals surface area contributed by atoms with Gasteiger partial charge in [0.15, 0.2) is 0 Å². The lowest BCUT2D eigenvalue weighted by molar-refractivity contribution is 0.411. The molecule has 0 aliphatic heterocycles. The molecule has 1 fully saturated rings. The molecular formula is C11H19N3S2. The Labute approximate surface area is 105 Å². The van der Waals surface area contributed by atoms with Gasteiger partial charge < -0.3 is 5.32 Å². The number of thioether (sulfide) groups is 1. The standard InChI is InChI=1S/C11H19N3S2/c1-9-13-14-10(16-9)12-8-11(15-2)6-4-3-5-7-11/h3-8H2,1-2H3,(H,12,14). The molecule has 0 saturated heterocycles. The zero-order chi connectivity index (χ0) is 11.4. The largest absolute Gasteiger partial charge is 0.359 e. The van der Waals surface area contributed by atoms with Crippen LogP contribution in [0, 0.1) is 6.92 Å². The summed E-state index contributed by atoms with van der Waals surface area (Å²) in [5.41, 5.74) is 0. The van der Waals surface area contributed by atoms with Gasteiger partial charge in [-0.3, -0.25) is 0 Å². The van der Waals surface area contributed by atoms with Gasteiger partial charge in [-0.25, -0.2) is 0 Å². The summed E-state index contributed by atoms with van der Waals surface area (Å²) in [5.74, 6) is 0. The first-order valence-corrected chi connectivity index (χ1v) is 7.87. The molecule has 0 aromatic carbocycles. The van der Waals surface area contributed by atoms with Crippen LogP contribution in [0.1, 0.15) is 37.1 Å². The fraction of sp³-hybridized carbons (Fsp3) is 0.818. The number of hydrogen-bond acceptors (Lipinski definition) is 5. The molecule has 0 spiro atoms. The van der Waals surface area contributed by atoms with Crippen molar-refractivity contribution in [3.05, 3.63) is 5.01 Å². The third kappa shape index (κ3) is 2.88. The van der Waals surface area contributed by atoms with E-state index in [0.717, 1.165) is 16.7 Å². The van der Waals surface area contributed by atoms with Gasteiger partial charge in [-0.2, -0.15) is 11.8 Å². The van der Waals surface area contributed by atoms with Gasteiger partial charge in [0, 0.05) is 11.3 Å². The van der Waals surface area contributed by atoms with E-state index in [1.54, 1.807) is 11.3 Å². The topological polar surface area (TPSA) is 37.8 Å². The highest BCUT2D eigenvalue weighted by atomic mass is 32.2. The molecule has 90 valence electrons. The summed E-state index contributed by atoms with van der Waals surface area (Å²) in [4.78, 5) is 0. The minimum Gasteiger partial charge on any atom is -0.359 e. The predicted molar refractivity (Wildman–Crippen MR) is 72.5 cm³/mol. The number of nitrogens with one attached hydrogen (secondary N) is 1. The SMILES string of the molecule is CSC1(CNc2nnc(C)s2)CCCCC1. The van der Waals surface area contributed by atoms with Gasteiger partial charge in [0.05, 0.1) is 0 Å². The zero-order valence-corrected chi connectivity index (χ0v) is 11.6. The molecule has 0 unspecified atom stereocenters. The van der Waals surface area contributed by atoms with E-state index in [-0.39, 0.29) is 0 Å². The number of rotatable bonds is 4. The highest BCUT2D eigenvalue weighted by Gasteiger charge is 2.31. The molecule has 1 saturated carbocycles. The number of aromatic nitrogens is 2. The van der Waals surface area contributed by atoms with Crippen LogP contribution in [0.5, 0.6) is 0 Å². The molecular weight excluding hydrogens is 238 g/mol. The summed E-state index contributed by atoms with van der Waals surface area (Å²) in [6, 6.07) is 0. The number of anilines is 1. The van der Waals surface area contributed by atoms with Crippen LogP contribution >= 0.6 is 23.1 Å². The number of nitrogens with zero attached hydrogens (tertiary/aromatic N) is 2. The van der Waals surface area contributed by atoms with Crippen LogP contribution < -0.4 is 5.32 Å². The van der Waals surface area contributed by atoms with E-state index >= 15 is 0 Å². The van der Waals surface area contributed by atoms with Crippen molar-refractivity contribution in [3.63, 3.8) is 0 Å². The predicted octanol–water partition coefficient (Wildman–Crippen LogP) is 3.32. The van der Waals surface area contributed by atoms with Crippen LogP contribution in [0.3, 0.4) is 0 Å². The van der Waals surface area contributed by atoms with E-state index in [0.29, 0.717) is 4.75 Å². The normalized spacial score (nSPS) is 19.6. The quantitative estimate of drug-likeness (QED) is 0.898. The lowest BCUT2D eigenvalue weighted by Crippen LogP contribution is -2.35. The maximum atomic E-state index is 4.11. The summed E-state index contributed by atoms with van der Waals surface area (Å²) < 4.78 is 0.428. The summed E-state index contributed by atoms with van der Waals surface area (Å²) in [6.45, 7) is 3.02. The van der Waals surface area contributed by atoms with E-state index in [4.69, 9.17) is 0 Å². The molecule has 0 radical (unpaired) electrons. The monoisotopic (exact) mass is 257 g/mol. The van der Waals surface area contributed by atoms with Crippen LogP contribution in [0.25, 0.3) is 0 Å². The smallest absolute Gasteiger partial charge is 0.205 e. The number of aryl methyl sites for hydroxylation is 1. The third-order valence-corrected chi connectivity index (χ3v) is 5.50. The first-order chi connectivity index (χ1) is 7.74. The summed E-state index contributed by atoms with van der Waals surface area (Å²) in [5, 5.41) is 13.6. The van der Waals surface area contributed by atoms with Crippen molar-refractivity contribution in [3.8, 4) is 0 Å². The molecule has 1 aromatic heterocycles. The third-order valence-electron chi connectivity index (χ3n) is 3.29. The Bertz CT molecular complexity index is 332. The molecule has 3 nitrogen and oxygen atoms in total.